The van der Waals surface area contributed by atoms with E-state index in [1.807, 2.05) is 24.4 Å². The molecule has 3 nitrogen and oxygen atoms in total. The molecule has 0 atom stereocenters. The van der Waals surface area contributed by atoms with Crippen molar-refractivity contribution in [3.05, 3.63) is 35.6 Å². The van der Waals surface area contributed by atoms with Crippen LogP contribution in [0.25, 0.3) is 10.8 Å². The normalized spacial score (nSPS) is 16.1. The third-order valence-corrected chi connectivity index (χ3v) is 3.69. The first-order valence-electron chi connectivity index (χ1n) is 6.24. The third-order valence-electron chi connectivity index (χ3n) is 3.30. The van der Waals surface area contributed by atoms with Crippen LogP contribution in [-0.2, 0) is 0 Å². The fourth-order valence-electron chi connectivity index (χ4n) is 2.29. The standard InChI is InChI=1S/C14H15ClN2O.ClH/c15-14-12-5-8-17-9-10(12)1-2-13(14)18-11-3-6-16-7-4-11;/h1-2,5,8-9,11,16H,3-4,6-7H2;1H. The number of piperidine rings is 1. The van der Waals surface area contributed by atoms with Gasteiger partial charge in [-0.1, -0.05) is 11.6 Å². The molecule has 3 rings (SSSR count). The van der Waals surface area contributed by atoms with Gasteiger partial charge in [-0.3, -0.25) is 4.98 Å². The Morgan fingerprint density at radius 2 is 2.00 bits per heavy atom. The number of hydrogen-bond acceptors (Lipinski definition) is 3. The minimum Gasteiger partial charge on any atom is -0.489 e. The highest BCUT2D eigenvalue weighted by Crippen LogP contribution is 2.33. The number of halogens is 2. The zero-order chi connectivity index (χ0) is 12.4. The Bertz CT molecular complexity index is 556. The number of nitrogens with zero attached hydrogens (tertiary/aromatic N) is 1. The van der Waals surface area contributed by atoms with Crippen LogP contribution in [0.2, 0.25) is 5.02 Å². The van der Waals surface area contributed by atoms with Crippen LogP contribution in [0.3, 0.4) is 0 Å². The molecule has 0 bridgehead atoms. The first kappa shape index (κ1) is 14.4. The van der Waals surface area contributed by atoms with Gasteiger partial charge in [-0.05, 0) is 44.1 Å². The molecular weight excluding hydrogens is 283 g/mol. The van der Waals surface area contributed by atoms with Crippen LogP contribution < -0.4 is 10.1 Å². The lowest BCUT2D eigenvalue weighted by atomic mass is 10.1. The van der Waals surface area contributed by atoms with Gasteiger partial charge in [0.15, 0.2) is 0 Å². The second kappa shape index (κ2) is 6.42. The van der Waals surface area contributed by atoms with Gasteiger partial charge in [0.1, 0.15) is 11.9 Å². The molecule has 0 saturated carbocycles. The van der Waals surface area contributed by atoms with Crippen LogP contribution in [0, 0.1) is 0 Å². The highest BCUT2D eigenvalue weighted by Gasteiger charge is 2.16. The number of nitrogens with one attached hydrogen (secondary N) is 1. The largest absolute Gasteiger partial charge is 0.489 e. The van der Waals surface area contributed by atoms with E-state index in [9.17, 15) is 0 Å². The molecule has 1 aliphatic rings. The van der Waals surface area contributed by atoms with Gasteiger partial charge in [-0.15, -0.1) is 12.4 Å². The smallest absolute Gasteiger partial charge is 0.138 e. The zero-order valence-electron chi connectivity index (χ0n) is 10.4. The minimum atomic E-state index is 0. The van der Waals surface area contributed by atoms with Crippen molar-refractivity contribution in [1.82, 2.24) is 10.3 Å². The summed E-state index contributed by atoms with van der Waals surface area (Å²) in [5.41, 5.74) is 0. The van der Waals surface area contributed by atoms with Gasteiger partial charge >= 0.3 is 0 Å². The van der Waals surface area contributed by atoms with Gasteiger partial charge in [0.25, 0.3) is 0 Å². The van der Waals surface area contributed by atoms with Gasteiger partial charge in [0.05, 0.1) is 5.02 Å². The summed E-state index contributed by atoms with van der Waals surface area (Å²) in [7, 11) is 0. The topological polar surface area (TPSA) is 34.1 Å². The summed E-state index contributed by atoms with van der Waals surface area (Å²) >= 11 is 6.39. The van der Waals surface area contributed by atoms with E-state index in [0.717, 1.165) is 42.5 Å². The number of aromatic nitrogens is 1. The maximum absolute atomic E-state index is 6.39. The van der Waals surface area contributed by atoms with E-state index >= 15 is 0 Å². The molecule has 0 spiro atoms. The van der Waals surface area contributed by atoms with Crippen LogP contribution in [0.5, 0.6) is 5.75 Å². The second-order valence-corrected chi connectivity index (χ2v) is 4.92. The van der Waals surface area contributed by atoms with Gasteiger partial charge in [-0.25, -0.2) is 0 Å². The van der Waals surface area contributed by atoms with Crippen molar-refractivity contribution in [3.63, 3.8) is 0 Å². The summed E-state index contributed by atoms with van der Waals surface area (Å²) < 4.78 is 6.00. The van der Waals surface area contributed by atoms with E-state index in [4.69, 9.17) is 16.3 Å². The maximum Gasteiger partial charge on any atom is 0.138 e. The highest BCUT2D eigenvalue weighted by atomic mass is 35.5. The second-order valence-electron chi connectivity index (χ2n) is 4.54. The molecule has 2 aromatic rings. The lowest BCUT2D eigenvalue weighted by Gasteiger charge is -2.24. The number of pyridine rings is 1. The SMILES string of the molecule is Cl.Clc1c(OC2CCNCC2)ccc2cnccc12. The highest BCUT2D eigenvalue weighted by molar-refractivity contribution is 6.37. The van der Waals surface area contributed by atoms with Crippen LogP contribution in [0.15, 0.2) is 30.6 Å². The molecule has 19 heavy (non-hydrogen) atoms. The monoisotopic (exact) mass is 298 g/mol. The lowest BCUT2D eigenvalue weighted by molar-refractivity contribution is 0.163. The van der Waals surface area contributed by atoms with Crippen molar-refractivity contribution < 1.29 is 4.74 Å². The Balaban J connectivity index is 0.00000133. The number of fused-ring (bicyclic) bond motifs is 1. The van der Waals surface area contributed by atoms with Gasteiger partial charge in [-0.2, -0.15) is 0 Å². The average molecular weight is 299 g/mol. The first-order chi connectivity index (χ1) is 8.84. The summed E-state index contributed by atoms with van der Waals surface area (Å²) in [5.74, 6) is 0.780. The predicted molar refractivity (Wildman–Crippen MR) is 80.5 cm³/mol. The van der Waals surface area contributed by atoms with Crippen molar-refractivity contribution in [2.45, 2.75) is 18.9 Å². The summed E-state index contributed by atoms with van der Waals surface area (Å²) in [5, 5.41) is 6.05. The zero-order valence-corrected chi connectivity index (χ0v) is 12.0. The van der Waals surface area contributed by atoms with Crippen molar-refractivity contribution in [2.75, 3.05) is 13.1 Å². The molecule has 102 valence electrons. The molecule has 2 heterocycles. The molecule has 1 aromatic carbocycles. The number of ether oxygens (including phenoxy) is 1. The van der Waals surface area contributed by atoms with Crippen LogP contribution in [-0.4, -0.2) is 24.2 Å². The van der Waals surface area contributed by atoms with E-state index in [2.05, 4.69) is 10.3 Å². The molecule has 0 aliphatic carbocycles. The van der Waals surface area contributed by atoms with Crippen molar-refractivity contribution in [2.24, 2.45) is 0 Å². The molecule has 1 N–H and O–H groups in total. The number of hydrogen-bond donors (Lipinski definition) is 1. The number of benzene rings is 1. The minimum absolute atomic E-state index is 0. The fraction of sp³-hybridized carbons (Fsp3) is 0.357. The fourth-order valence-corrected chi connectivity index (χ4v) is 2.57. The Kier molecular flexibility index (Phi) is 4.86. The molecule has 1 fully saturated rings. The molecular formula is C14H16Cl2N2O. The summed E-state index contributed by atoms with van der Waals surface area (Å²) in [6.07, 6.45) is 5.90. The summed E-state index contributed by atoms with van der Waals surface area (Å²) in [6, 6.07) is 5.87. The predicted octanol–water partition coefficient (Wildman–Crippen LogP) is 3.44. The number of rotatable bonds is 2. The van der Waals surface area contributed by atoms with Crippen LogP contribution >= 0.6 is 24.0 Å². The Labute approximate surface area is 123 Å². The van der Waals surface area contributed by atoms with Gasteiger partial charge in [0, 0.05) is 23.2 Å². The van der Waals surface area contributed by atoms with Crippen LogP contribution in [0.4, 0.5) is 0 Å². The first-order valence-corrected chi connectivity index (χ1v) is 6.62. The van der Waals surface area contributed by atoms with E-state index in [1.165, 1.54) is 0 Å². The average Bonchev–Trinajstić information content (AvgIpc) is 2.43. The molecule has 1 aliphatic heterocycles. The lowest BCUT2D eigenvalue weighted by Crippen LogP contribution is -2.34. The van der Waals surface area contributed by atoms with Gasteiger partial charge < -0.3 is 10.1 Å². The maximum atomic E-state index is 6.39. The van der Waals surface area contributed by atoms with E-state index in [0.29, 0.717) is 5.02 Å². The summed E-state index contributed by atoms with van der Waals surface area (Å²) in [6.45, 7) is 2.03. The van der Waals surface area contributed by atoms with Crippen molar-refractivity contribution in [3.8, 4) is 5.75 Å². The quantitative estimate of drug-likeness (QED) is 0.922. The van der Waals surface area contributed by atoms with E-state index in [-0.39, 0.29) is 18.5 Å². The Hall–Kier alpha value is -1.03. The van der Waals surface area contributed by atoms with E-state index < -0.39 is 0 Å². The van der Waals surface area contributed by atoms with E-state index in [1.54, 1.807) is 6.20 Å². The van der Waals surface area contributed by atoms with Crippen molar-refractivity contribution in [1.29, 1.82) is 0 Å². The van der Waals surface area contributed by atoms with Gasteiger partial charge in [0.2, 0.25) is 0 Å². The molecule has 5 heteroatoms. The molecule has 1 aromatic heterocycles. The molecule has 1 saturated heterocycles. The van der Waals surface area contributed by atoms with Crippen LogP contribution in [0.1, 0.15) is 12.8 Å². The molecule has 0 unspecified atom stereocenters. The molecule has 0 radical (unpaired) electrons. The molecule has 0 amide bonds. The summed E-state index contributed by atoms with van der Waals surface area (Å²) in [4.78, 5) is 4.09. The third kappa shape index (κ3) is 3.11. The Morgan fingerprint density at radius 3 is 2.79 bits per heavy atom. The van der Waals surface area contributed by atoms with Crippen molar-refractivity contribution >= 4 is 34.8 Å². The Morgan fingerprint density at radius 1 is 1.21 bits per heavy atom.